The van der Waals surface area contributed by atoms with E-state index in [4.69, 9.17) is 4.74 Å². The lowest BCUT2D eigenvalue weighted by molar-refractivity contribution is -0.111. The molecule has 1 heterocycles. The number of rotatable bonds is 4. The minimum Gasteiger partial charge on any atom is -0.495 e. The molecule has 2 aromatic rings. The standard InChI is InChI=1S/C15H14N2O2/c1-3-15(18)17-13-10-11(7-8-14(13)19-2)12-6-4-5-9-16-12/h3-10H,1H2,2H3,(H,17,18). The van der Waals surface area contributed by atoms with Crippen molar-refractivity contribution in [3.8, 4) is 17.0 Å². The predicted octanol–water partition coefficient (Wildman–Crippen LogP) is 2.88. The molecular formula is C15H14N2O2. The van der Waals surface area contributed by atoms with Crippen LogP contribution in [0, 0.1) is 0 Å². The van der Waals surface area contributed by atoms with E-state index in [1.54, 1.807) is 19.4 Å². The molecule has 0 unspecified atom stereocenters. The molecule has 2 rings (SSSR count). The molecule has 0 aliphatic rings. The zero-order chi connectivity index (χ0) is 13.7. The number of nitrogens with zero attached hydrogens (tertiary/aromatic N) is 1. The van der Waals surface area contributed by atoms with Crippen molar-refractivity contribution < 1.29 is 9.53 Å². The van der Waals surface area contributed by atoms with Gasteiger partial charge in [0.25, 0.3) is 0 Å². The number of nitrogens with one attached hydrogen (secondary N) is 1. The first kappa shape index (κ1) is 12.8. The highest BCUT2D eigenvalue weighted by atomic mass is 16.5. The molecule has 0 saturated carbocycles. The van der Waals surface area contributed by atoms with Crippen molar-refractivity contribution in [2.45, 2.75) is 0 Å². The number of hydrogen-bond donors (Lipinski definition) is 1. The highest BCUT2D eigenvalue weighted by molar-refractivity contribution is 6.00. The summed E-state index contributed by atoms with van der Waals surface area (Å²) in [6.45, 7) is 3.43. The van der Waals surface area contributed by atoms with Gasteiger partial charge in [-0.1, -0.05) is 12.6 Å². The molecule has 4 nitrogen and oxygen atoms in total. The molecule has 0 bridgehead atoms. The summed E-state index contributed by atoms with van der Waals surface area (Å²) >= 11 is 0. The van der Waals surface area contributed by atoms with E-state index in [-0.39, 0.29) is 5.91 Å². The van der Waals surface area contributed by atoms with Gasteiger partial charge in [-0.2, -0.15) is 0 Å². The first-order chi connectivity index (χ1) is 9.24. The van der Waals surface area contributed by atoms with Gasteiger partial charge in [0.05, 0.1) is 18.5 Å². The second-order valence-electron chi connectivity index (χ2n) is 3.82. The van der Waals surface area contributed by atoms with Crippen LogP contribution in [0.1, 0.15) is 0 Å². The normalized spacial score (nSPS) is 9.74. The van der Waals surface area contributed by atoms with E-state index in [2.05, 4.69) is 16.9 Å². The van der Waals surface area contributed by atoms with Crippen LogP contribution in [0.25, 0.3) is 11.3 Å². The molecule has 0 aliphatic carbocycles. The number of carbonyl (C=O) groups is 1. The summed E-state index contributed by atoms with van der Waals surface area (Å²) in [5.74, 6) is 0.311. The number of anilines is 1. The van der Waals surface area contributed by atoms with E-state index >= 15 is 0 Å². The van der Waals surface area contributed by atoms with Crippen molar-refractivity contribution >= 4 is 11.6 Å². The van der Waals surface area contributed by atoms with Gasteiger partial charge in [0.1, 0.15) is 5.75 Å². The lowest BCUT2D eigenvalue weighted by atomic mass is 10.1. The Hall–Kier alpha value is -2.62. The van der Waals surface area contributed by atoms with Gasteiger partial charge in [-0.3, -0.25) is 9.78 Å². The Morgan fingerprint density at radius 3 is 2.84 bits per heavy atom. The third-order valence-corrected chi connectivity index (χ3v) is 2.60. The van der Waals surface area contributed by atoms with Crippen molar-refractivity contribution in [3.05, 3.63) is 55.3 Å². The molecule has 0 atom stereocenters. The molecule has 0 radical (unpaired) electrons. The summed E-state index contributed by atoms with van der Waals surface area (Å²) in [4.78, 5) is 15.7. The van der Waals surface area contributed by atoms with Gasteiger partial charge in [0.2, 0.25) is 5.91 Å². The molecule has 19 heavy (non-hydrogen) atoms. The van der Waals surface area contributed by atoms with Crippen molar-refractivity contribution in [2.24, 2.45) is 0 Å². The Morgan fingerprint density at radius 2 is 2.21 bits per heavy atom. The number of ether oxygens (including phenoxy) is 1. The summed E-state index contributed by atoms with van der Waals surface area (Å²) in [5, 5.41) is 2.71. The second-order valence-corrected chi connectivity index (χ2v) is 3.82. The van der Waals surface area contributed by atoms with Crippen molar-refractivity contribution in [1.82, 2.24) is 4.98 Å². The maximum atomic E-state index is 11.4. The van der Waals surface area contributed by atoms with Crippen molar-refractivity contribution in [1.29, 1.82) is 0 Å². The Labute approximate surface area is 111 Å². The van der Waals surface area contributed by atoms with Crippen LogP contribution in [0.3, 0.4) is 0 Å². The topological polar surface area (TPSA) is 51.2 Å². The average Bonchev–Trinajstić information content (AvgIpc) is 2.48. The molecular weight excluding hydrogens is 240 g/mol. The van der Waals surface area contributed by atoms with Crippen LogP contribution >= 0.6 is 0 Å². The number of carbonyl (C=O) groups excluding carboxylic acids is 1. The molecule has 1 aromatic carbocycles. The zero-order valence-corrected chi connectivity index (χ0v) is 10.6. The Bertz CT molecular complexity index is 594. The highest BCUT2D eigenvalue weighted by Gasteiger charge is 2.08. The highest BCUT2D eigenvalue weighted by Crippen LogP contribution is 2.29. The molecule has 0 spiro atoms. The molecule has 1 N–H and O–H groups in total. The fraction of sp³-hybridized carbons (Fsp3) is 0.0667. The fourth-order valence-electron chi connectivity index (χ4n) is 1.68. The first-order valence-corrected chi connectivity index (χ1v) is 5.77. The van der Waals surface area contributed by atoms with Crippen LogP contribution in [0.15, 0.2) is 55.3 Å². The minimum absolute atomic E-state index is 0.281. The van der Waals surface area contributed by atoms with Crippen molar-refractivity contribution in [2.75, 3.05) is 12.4 Å². The quantitative estimate of drug-likeness (QED) is 0.853. The van der Waals surface area contributed by atoms with Crippen LogP contribution < -0.4 is 10.1 Å². The van der Waals surface area contributed by atoms with Gasteiger partial charge in [-0.25, -0.2) is 0 Å². The maximum absolute atomic E-state index is 11.4. The van der Waals surface area contributed by atoms with Crippen LogP contribution in [0.5, 0.6) is 5.75 Å². The smallest absolute Gasteiger partial charge is 0.247 e. The average molecular weight is 254 g/mol. The number of amides is 1. The molecule has 0 aliphatic heterocycles. The summed E-state index contributed by atoms with van der Waals surface area (Å²) < 4.78 is 5.21. The molecule has 1 aromatic heterocycles. The van der Waals surface area contributed by atoms with Gasteiger partial charge < -0.3 is 10.1 Å². The zero-order valence-electron chi connectivity index (χ0n) is 10.6. The molecule has 1 amide bonds. The predicted molar refractivity (Wildman–Crippen MR) is 75.1 cm³/mol. The molecule has 96 valence electrons. The SMILES string of the molecule is C=CC(=O)Nc1cc(-c2ccccn2)ccc1OC. The van der Waals surface area contributed by atoms with Crippen LogP contribution in [0.4, 0.5) is 5.69 Å². The number of methoxy groups -OCH3 is 1. The van der Waals surface area contributed by atoms with Gasteiger partial charge in [0, 0.05) is 11.8 Å². The van der Waals surface area contributed by atoms with Gasteiger partial charge in [0.15, 0.2) is 0 Å². The maximum Gasteiger partial charge on any atom is 0.247 e. The largest absolute Gasteiger partial charge is 0.495 e. The Balaban J connectivity index is 2.41. The number of aromatic nitrogens is 1. The summed E-state index contributed by atoms with van der Waals surface area (Å²) in [7, 11) is 1.55. The van der Waals surface area contributed by atoms with E-state index in [1.807, 2.05) is 30.3 Å². The number of pyridine rings is 1. The molecule has 0 saturated heterocycles. The third-order valence-electron chi connectivity index (χ3n) is 2.60. The van der Waals surface area contributed by atoms with E-state index in [0.717, 1.165) is 11.3 Å². The minimum atomic E-state index is -0.281. The Kier molecular flexibility index (Phi) is 3.93. The second kappa shape index (κ2) is 5.82. The van der Waals surface area contributed by atoms with Gasteiger partial charge >= 0.3 is 0 Å². The summed E-state index contributed by atoms with van der Waals surface area (Å²) in [5.41, 5.74) is 2.33. The number of benzene rings is 1. The van der Waals surface area contributed by atoms with E-state index in [9.17, 15) is 4.79 Å². The first-order valence-electron chi connectivity index (χ1n) is 5.77. The van der Waals surface area contributed by atoms with Gasteiger partial charge in [-0.05, 0) is 36.4 Å². The lowest BCUT2D eigenvalue weighted by Crippen LogP contribution is -2.08. The lowest BCUT2D eigenvalue weighted by Gasteiger charge is -2.10. The molecule has 0 fully saturated rings. The van der Waals surface area contributed by atoms with Crippen LogP contribution in [0.2, 0.25) is 0 Å². The monoisotopic (exact) mass is 254 g/mol. The fourth-order valence-corrected chi connectivity index (χ4v) is 1.68. The van der Waals surface area contributed by atoms with Crippen LogP contribution in [-0.4, -0.2) is 18.0 Å². The van der Waals surface area contributed by atoms with E-state index < -0.39 is 0 Å². The van der Waals surface area contributed by atoms with Gasteiger partial charge in [-0.15, -0.1) is 0 Å². The number of hydrogen-bond acceptors (Lipinski definition) is 3. The summed E-state index contributed by atoms with van der Waals surface area (Å²) in [6.07, 6.45) is 2.94. The third kappa shape index (κ3) is 2.98. The van der Waals surface area contributed by atoms with Crippen LogP contribution in [-0.2, 0) is 4.79 Å². The van der Waals surface area contributed by atoms with E-state index in [1.165, 1.54) is 6.08 Å². The summed E-state index contributed by atoms with van der Waals surface area (Å²) in [6, 6.07) is 11.2. The van der Waals surface area contributed by atoms with Crippen molar-refractivity contribution in [3.63, 3.8) is 0 Å². The van der Waals surface area contributed by atoms with E-state index in [0.29, 0.717) is 11.4 Å². The Morgan fingerprint density at radius 1 is 1.37 bits per heavy atom. The molecule has 4 heteroatoms.